The monoisotopic (exact) mass is 339 g/mol. The second-order valence-corrected chi connectivity index (χ2v) is 5.85. The number of aliphatic carboxylic acids is 1. The number of carboxylic acid groups (broad SMARTS) is 1. The van der Waals surface area contributed by atoms with E-state index in [1.807, 2.05) is 13.8 Å². The number of nitrogens with one attached hydrogen (secondary N) is 1. The van der Waals surface area contributed by atoms with E-state index in [2.05, 4.69) is 38.4 Å². The average Bonchev–Trinajstić information content (AvgIpc) is 2.50. The van der Waals surface area contributed by atoms with Crippen molar-refractivity contribution in [1.82, 2.24) is 4.98 Å². The number of fused-ring (bicyclic) bond motifs is 1. The summed E-state index contributed by atoms with van der Waals surface area (Å²) in [6.07, 6.45) is 6.17. The molecule has 1 atom stereocenters. The molecule has 1 aliphatic rings. The Bertz CT molecular complexity index is 591. The molecule has 0 bridgehead atoms. The van der Waals surface area contributed by atoms with Gasteiger partial charge in [0.1, 0.15) is 0 Å². The Morgan fingerprint density at radius 1 is 1.39 bits per heavy atom. The Morgan fingerprint density at radius 3 is 2.48 bits per heavy atom. The van der Waals surface area contributed by atoms with Crippen LogP contribution in [0.15, 0.2) is 15.9 Å². The van der Waals surface area contributed by atoms with E-state index in [9.17, 15) is 9.59 Å². The van der Waals surface area contributed by atoms with Gasteiger partial charge >= 0.3 is 5.97 Å². The van der Waals surface area contributed by atoms with E-state index in [0.717, 1.165) is 36.6 Å². The van der Waals surface area contributed by atoms with Gasteiger partial charge in [0, 0.05) is 17.3 Å². The number of thiol groups is 1. The van der Waals surface area contributed by atoms with Crippen LogP contribution in [0.4, 0.5) is 0 Å². The molecule has 0 saturated heterocycles. The van der Waals surface area contributed by atoms with Crippen molar-refractivity contribution >= 4 is 24.7 Å². The van der Waals surface area contributed by atoms with E-state index in [1.54, 1.807) is 0 Å². The molecule has 0 spiro atoms. The lowest BCUT2D eigenvalue weighted by molar-refractivity contribution is -0.131. The van der Waals surface area contributed by atoms with Gasteiger partial charge in [0.05, 0.1) is 10.6 Å². The second-order valence-electron chi connectivity index (χ2n) is 5.40. The summed E-state index contributed by atoms with van der Waals surface area (Å²) in [4.78, 5) is 25.9. The minimum Gasteiger partial charge on any atom is -0.478 e. The molecular weight excluding hydrogens is 310 g/mol. The SMILES string of the molecule is CC.CC1CCc2[nH]c(S)c(/C=C/C(=O)O)c(=O)c2C1.CCC. The summed E-state index contributed by atoms with van der Waals surface area (Å²) in [6.45, 7) is 10.4. The highest BCUT2D eigenvalue weighted by Gasteiger charge is 2.20. The van der Waals surface area contributed by atoms with Crippen LogP contribution in [0.2, 0.25) is 0 Å². The Hall–Kier alpha value is -1.49. The molecule has 1 unspecified atom stereocenters. The molecule has 23 heavy (non-hydrogen) atoms. The molecule has 130 valence electrons. The highest BCUT2D eigenvalue weighted by molar-refractivity contribution is 7.80. The molecule has 0 amide bonds. The van der Waals surface area contributed by atoms with Crippen LogP contribution in [0.3, 0.4) is 0 Å². The minimum atomic E-state index is -1.08. The molecule has 1 heterocycles. The van der Waals surface area contributed by atoms with Gasteiger partial charge in [0.25, 0.3) is 0 Å². The Kier molecular flexibility index (Phi) is 10.4. The summed E-state index contributed by atoms with van der Waals surface area (Å²) in [7, 11) is 0. The van der Waals surface area contributed by atoms with Crippen LogP contribution in [0.25, 0.3) is 6.08 Å². The number of pyridine rings is 1. The fourth-order valence-corrected chi connectivity index (χ4v) is 2.58. The van der Waals surface area contributed by atoms with Crippen molar-refractivity contribution in [1.29, 1.82) is 0 Å². The zero-order valence-electron chi connectivity index (χ0n) is 14.8. The van der Waals surface area contributed by atoms with Crippen molar-refractivity contribution in [2.24, 2.45) is 5.92 Å². The number of hydrogen-bond acceptors (Lipinski definition) is 3. The quantitative estimate of drug-likeness (QED) is 0.555. The average molecular weight is 340 g/mol. The fraction of sp³-hybridized carbons (Fsp3) is 0.556. The van der Waals surface area contributed by atoms with Crippen molar-refractivity contribution in [3.8, 4) is 0 Å². The van der Waals surface area contributed by atoms with E-state index in [4.69, 9.17) is 5.11 Å². The molecule has 0 radical (unpaired) electrons. The van der Waals surface area contributed by atoms with Gasteiger partial charge in [0.2, 0.25) is 0 Å². The highest BCUT2D eigenvalue weighted by Crippen LogP contribution is 2.24. The molecular formula is C18H29NO3S. The smallest absolute Gasteiger partial charge is 0.328 e. The third-order valence-corrected chi connectivity index (χ3v) is 3.59. The summed E-state index contributed by atoms with van der Waals surface area (Å²) in [6, 6.07) is 0. The molecule has 4 nitrogen and oxygen atoms in total. The van der Waals surface area contributed by atoms with Gasteiger partial charge in [-0.2, -0.15) is 0 Å². The van der Waals surface area contributed by atoms with Crippen LogP contribution in [0, 0.1) is 5.92 Å². The van der Waals surface area contributed by atoms with Gasteiger partial charge in [-0.15, -0.1) is 12.6 Å². The van der Waals surface area contributed by atoms with E-state index < -0.39 is 5.97 Å². The van der Waals surface area contributed by atoms with Crippen molar-refractivity contribution in [3.05, 3.63) is 33.1 Å². The first kappa shape index (κ1) is 21.5. The topological polar surface area (TPSA) is 70.2 Å². The van der Waals surface area contributed by atoms with Crippen LogP contribution in [0.1, 0.15) is 64.3 Å². The minimum absolute atomic E-state index is 0.0993. The van der Waals surface area contributed by atoms with Crippen molar-refractivity contribution in [2.75, 3.05) is 0 Å². The predicted octanol–water partition coefficient (Wildman–Crippen LogP) is 4.33. The summed E-state index contributed by atoms with van der Waals surface area (Å²) >= 11 is 4.23. The first-order valence-electron chi connectivity index (χ1n) is 8.28. The lowest BCUT2D eigenvalue weighted by Crippen LogP contribution is -2.24. The number of H-pyrrole nitrogens is 1. The van der Waals surface area contributed by atoms with Gasteiger partial charge in [-0.25, -0.2) is 4.79 Å². The van der Waals surface area contributed by atoms with Gasteiger partial charge in [-0.1, -0.05) is 41.0 Å². The lowest BCUT2D eigenvalue weighted by atomic mass is 9.87. The van der Waals surface area contributed by atoms with E-state index in [-0.39, 0.29) is 5.43 Å². The molecule has 5 heteroatoms. The van der Waals surface area contributed by atoms with Crippen LogP contribution < -0.4 is 5.43 Å². The van der Waals surface area contributed by atoms with E-state index in [0.29, 0.717) is 16.5 Å². The number of aryl methyl sites for hydroxylation is 1. The zero-order chi connectivity index (χ0) is 18.0. The molecule has 0 aliphatic heterocycles. The molecule has 2 rings (SSSR count). The van der Waals surface area contributed by atoms with Gasteiger partial charge < -0.3 is 10.1 Å². The Morgan fingerprint density at radius 2 is 1.96 bits per heavy atom. The number of carboxylic acids is 1. The summed E-state index contributed by atoms with van der Waals surface area (Å²) in [5, 5.41) is 9.05. The van der Waals surface area contributed by atoms with Crippen LogP contribution in [-0.2, 0) is 17.6 Å². The van der Waals surface area contributed by atoms with Crippen LogP contribution >= 0.6 is 12.6 Å². The summed E-state index contributed by atoms with van der Waals surface area (Å²) < 4.78 is 0. The molecule has 1 aromatic rings. The van der Waals surface area contributed by atoms with E-state index in [1.165, 1.54) is 12.5 Å². The predicted molar refractivity (Wildman–Crippen MR) is 99.5 cm³/mol. The standard InChI is InChI=1S/C13H15NO3S.C3H8.C2H6/c1-7-2-4-10-9(6-7)12(17)8(13(18)14-10)3-5-11(15)16;1-3-2;1-2/h3,5,7H,2,4,6H2,1H3,(H,15,16)(H2,14,17,18);3H2,1-2H3;1-2H3/b5-3+;;. The molecule has 1 aliphatic carbocycles. The maximum absolute atomic E-state index is 12.3. The van der Waals surface area contributed by atoms with Crippen molar-refractivity contribution in [3.63, 3.8) is 0 Å². The Labute approximate surface area is 144 Å². The Balaban J connectivity index is 0.000000868. The van der Waals surface area contributed by atoms with Crippen LogP contribution in [-0.4, -0.2) is 16.1 Å². The number of rotatable bonds is 2. The van der Waals surface area contributed by atoms with E-state index >= 15 is 0 Å². The maximum Gasteiger partial charge on any atom is 0.328 e. The molecule has 2 N–H and O–H groups in total. The number of aromatic nitrogens is 1. The molecule has 0 saturated carbocycles. The zero-order valence-corrected chi connectivity index (χ0v) is 15.7. The third kappa shape index (κ3) is 6.65. The van der Waals surface area contributed by atoms with Gasteiger partial charge in [-0.3, -0.25) is 4.79 Å². The number of hydrogen-bond donors (Lipinski definition) is 3. The molecule has 1 aromatic heterocycles. The van der Waals surface area contributed by atoms with Crippen molar-refractivity contribution < 1.29 is 9.90 Å². The van der Waals surface area contributed by atoms with Crippen molar-refractivity contribution in [2.45, 2.75) is 65.3 Å². The molecule has 0 fully saturated rings. The summed E-state index contributed by atoms with van der Waals surface area (Å²) in [5.74, 6) is -0.589. The fourth-order valence-electron chi connectivity index (χ4n) is 2.27. The van der Waals surface area contributed by atoms with Crippen LogP contribution in [0.5, 0.6) is 0 Å². The number of aromatic amines is 1. The number of carbonyl (C=O) groups is 1. The largest absolute Gasteiger partial charge is 0.478 e. The first-order valence-corrected chi connectivity index (χ1v) is 8.73. The first-order chi connectivity index (χ1) is 10.9. The summed E-state index contributed by atoms with van der Waals surface area (Å²) in [5.41, 5.74) is 1.94. The highest BCUT2D eigenvalue weighted by atomic mass is 32.1. The molecule has 0 aromatic carbocycles. The second kappa shape index (κ2) is 11.1. The maximum atomic E-state index is 12.3. The van der Waals surface area contributed by atoms with Gasteiger partial charge in [-0.05, 0) is 31.3 Å². The lowest BCUT2D eigenvalue weighted by Gasteiger charge is -2.21. The third-order valence-electron chi connectivity index (χ3n) is 3.24. The van der Waals surface area contributed by atoms with Gasteiger partial charge in [0.15, 0.2) is 5.43 Å². The normalized spacial score (nSPS) is 15.8.